The van der Waals surface area contributed by atoms with E-state index in [-0.39, 0.29) is 6.04 Å². The average molecular weight is 486 g/mol. The molecule has 180 valence electrons. The standard InChI is InChI=1S/C29H32ClN5/c1-19-15-20(2)25(21(3)16-19)17-35-14-13-34(4)18-26(35)29-32-27(22-5-7-24(30)8-6-22)28(33-29)23-9-11-31-12-10-23/h5-12,15-16,26H,13-14,17-18H2,1-4H3,(H,32,33). The number of nitrogens with zero attached hydrogens (tertiary/aromatic N) is 4. The average Bonchev–Trinajstić information content (AvgIpc) is 3.28. The minimum Gasteiger partial charge on any atom is -0.340 e. The van der Waals surface area contributed by atoms with Crippen LogP contribution in [0, 0.1) is 20.8 Å². The summed E-state index contributed by atoms with van der Waals surface area (Å²) in [5.74, 6) is 0.996. The van der Waals surface area contributed by atoms with Gasteiger partial charge in [-0.1, -0.05) is 41.4 Å². The molecule has 4 aromatic rings. The summed E-state index contributed by atoms with van der Waals surface area (Å²) in [5, 5.41) is 0.725. The second kappa shape index (κ2) is 9.94. The fourth-order valence-electron chi connectivity index (χ4n) is 5.16. The molecule has 6 heteroatoms. The van der Waals surface area contributed by atoms with Crippen molar-refractivity contribution in [1.29, 1.82) is 0 Å². The molecule has 1 fully saturated rings. The number of piperazine rings is 1. The zero-order valence-corrected chi connectivity index (χ0v) is 21.6. The molecule has 0 saturated carbocycles. The molecule has 1 aliphatic rings. The van der Waals surface area contributed by atoms with Gasteiger partial charge in [-0.05, 0) is 68.8 Å². The predicted octanol–water partition coefficient (Wildman–Crippen LogP) is 6.21. The molecule has 1 atom stereocenters. The van der Waals surface area contributed by atoms with E-state index in [1.807, 2.05) is 48.8 Å². The van der Waals surface area contributed by atoms with Crippen molar-refractivity contribution in [2.75, 3.05) is 26.7 Å². The Morgan fingerprint density at radius 3 is 2.31 bits per heavy atom. The lowest BCUT2D eigenvalue weighted by Crippen LogP contribution is -2.46. The third-order valence-corrected chi connectivity index (χ3v) is 7.27. The number of aromatic amines is 1. The highest BCUT2D eigenvalue weighted by atomic mass is 35.5. The van der Waals surface area contributed by atoms with Crippen molar-refractivity contribution in [3.05, 3.63) is 94.0 Å². The number of H-pyrrole nitrogens is 1. The van der Waals surface area contributed by atoms with Gasteiger partial charge in [-0.3, -0.25) is 9.88 Å². The molecule has 2 aromatic heterocycles. The van der Waals surface area contributed by atoms with Crippen LogP contribution in [0.1, 0.15) is 34.1 Å². The summed E-state index contributed by atoms with van der Waals surface area (Å²) >= 11 is 6.18. The van der Waals surface area contributed by atoms with E-state index < -0.39 is 0 Å². The predicted molar refractivity (Wildman–Crippen MR) is 144 cm³/mol. The Bertz CT molecular complexity index is 1290. The number of pyridine rings is 1. The van der Waals surface area contributed by atoms with E-state index in [9.17, 15) is 0 Å². The molecule has 0 spiro atoms. The lowest BCUT2D eigenvalue weighted by molar-refractivity contribution is 0.0786. The first-order valence-corrected chi connectivity index (χ1v) is 12.5. The highest BCUT2D eigenvalue weighted by molar-refractivity contribution is 6.30. The van der Waals surface area contributed by atoms with E-state index >= 15 is 0 Å². The van der Waals surface area contributed by atoms with Crippen molar-refractivity contribution in [3.63, 3.8) is 0 Å². The molecule has 1 N–H and O–H groups in total. The van der Waals surface area contributed by atoms with Crippen molar-refractivity contribution >= 4 is 11.6 Å². The van der Waals surface area contributed by atoms with E-state index in [0.717, 1.165) is 59.5 Å². The SMILES string of the molecule is Cc1cc(C)c(CN2CCN(C)CC2c2nc(-c3ccncc3)c(-c3ccc(Cl)cc3)[nH]2)c(C)c1. The van der Waals surface area contributed by atoms with Gasteiger partial charge in [0.1, 0.15) is 5.82 Å². The molecule has 1 unspecified atom stereocenters. The van der Waals surface area contributed by atoms with E-state index in [2.05, 4.69) is 59.7 Å². The molecule has 0 bridgehead atoms. The van der Waals surface area contributed by atoms with Crippen LogP contribution in [-0.2, 0) is 6.54 Å². The van der Waals surface area contributed by atoms with Crippen LogP contribution in [0.5, 0.6) is 0 Å². The number of halogens is 1. The van der Waals surface area contributed by atoms with Crippen molar-refractivity contribution in [2.24, 2.45) is 0 Å². The van der Waals surface area contributed by atoms with E-state index in [1.165, 1.54) is 22.3 Å². The monoisotopic (exact) mass is 485 g/mol. The normalized spacial score (nSPS) is 17.1. The molecule has 1 saturated heterocycles. The Hall–Kier alpha value is -2.99. The number of aryl methyl sites for hydroxylation is 3. The molecule has 3 heterocycles. The lowest BCUT2D eigenvalue weighted by Gasteiger charge is -2.39. The summed E-state index contributed by atoms with van der Waals surface area (Å²) in [5.41, 5.74) is 9.54. The maximum atomic E-state index is 6.18. The lowest BCUT2D eigenvalue weighted by atomic mass is 9.98. The summed E-state index contributed by atoms with van der Waals surface area (Å²) in [6.45, 7) is 10.5. The van der Waals surface area contributed by atoms with Crippen LogP contribution in [0.4, 0.5) is 0 Å². The summed E-state index contributed by atoms with van der Waals surface area (Å²) < 4.78 is 0. The quantitative estimate of drug-likeness (QED) is 0.365. The number of likely N-dealkylation sites (N-methyl/N-ethyl adjacent to an activating group) is 1. The molecule has 0 radical (unpaired) electrons. The number of imidazole rings is 1. The maximum Gasteiger partial charge on any atom is 0.126 e. The van der Waals surface area contributed by atoms with Crippen molar-refractivity contribution in [3.8, 4) is 22.5 Å². The third kappa shape index (κ3) is 5.03. The third-order valence-electron chi connectivity index (χ3n) is 7.02. The second-order valence-electron chi connectivity index (χ2n) is 9.71. The largest absolute Gasteiger partial charge is 0.340 e. The van der Waals surface area contributed by atoms with Gasteiger partial charge in [0.25, 0.3) is 0 Å². The Morgan fingerprint density at radius 2 is 1.63 bits per heavy atom. The van der Waals surface area contributed by atoms with Crippen LogP contribution in [0.25, 0.3) is 22.5 Å². The molecule has 0 amide bonds. The fraction of sp³-hybridized carbons (Fsp3) is 0.310. The van der Waals surface area contributed by atoms with Gasteiger partial charge in [0.2, 0.25) is 0 Å². The van der Waals surface area contributed by atoms with Gasteiger partial charge in [-0.15, -0.1) is 0 Å². The number of benzene rings is 2. The Kier molecular flexibility index (Phi) is 6.74. The molecule has 35 heavy (non-hydrogen) atoms. The number of nitrogens with one attached hydrogen (secondary N) is 1. The van der Waals surface area contributed by atoms with E-state index in [0.29, 0.717) is 0 Å². The highest BCUT2D eigenvalue weighted by Crippen LogP contribution is 2.35. The Morgan fingerprint density at radius 1 is 0.943 bits per heavy atom. The number of hydrogen-bond donors (Lipinski definition) is 1. The summed E-state index contributed by atoms with van der Waals surface area (Å²) in [6.07, 6.45) is 3.64. The van der Waals surface area contributed by atoms with Gasteiger partial charge >= 0.3 is 0 Å². The summed E-state index contributed by atoms with van der Waals surface area (Å²) in [7, 11) is 2.19. The zero-order chi connectivity index (χ0) is 24.5. The van der Waals surface area contributed by atoms with Crippen LogP contribution >= 0.6 is 11.6 Å². The second-order valence-corrected chi connectivity index (χ2v) is 10.2. The van der Waals surface area contributed by atoms with E-state index in [4.69, 9.17) is 16.6 Å². The Labute approximate surface area is 212 Å². The number of aromatic nitrogens is 3. The molecule has 2 aromatic carbocycles. The van der Waals surface area contributed by atoms with Crippen molar-refractivity contribution < 1.29 is 0 Å². The smallest absolute Gasteiger partial charge is 0.126 e. The molecule has 5 nitrogen and oxygen atoms in total. The van der Waals surface area contributed by atoms with E-state index in [1.54, 1.807) is 0 Å². The molecule has 1 aliphatic heterocycles. The van der Waals surface area contributed by atoms with Gasteiger partial charge in [0.15, 0.2) is 0 Å². The highest BCUT2D eigenvalue weighted by Gasteiger charge is 2.31. The topological polar surface area (TPSA) is 48.1 Å². The van der Waals surface area contributed by atoms with Gasteiger partial charge in [0.05, 0.1) is 17.4 Å². The first-order chi connectivity index (χ1) is 16.9. The minimum atomic E-state index is 0.162. The van der Waals surface area contributed by atoms with Crippen LogP contribution < -0.4 is 0 Å². The number of hydrogen-bond acceptors (Lipinski definition) is 4. The summed E-state index contributed by atoms with van der Waals surface area (Å²) in [4.78, 5) is 18.1. The van der Waals surface area contributed by atoms with Crippen molar-refractivity contribution in [2.45, 2.75) is 33.4 Å². The summed E-state index contributed by atoms with van der Waals surface area (Å²) in [6, 6.07) is 16.7. The first-order valence-electron chi connectivity index (χ1n) is 12.1. The van der Waals surface area contributed by atoms with Gasteiger partial charge in [-0.25, -0.2) is 4.98 Å². The fourth-order valence-corrected chi connectivity index (χ4v) is 5.29. The Balaban J connectivity index is 1.56. The molecular formula is C29H32ClN5. The molecule has 0 aliphatic carbocycles. The van der Waals surface area contributed by atoms with Crippen LogP contribution in [0.3, 0.4) is 0 Å². The van der Waals surface area contributed by atoms with Crippen LogP contribution in [-0.4, -0.2) is 51.4 Å². The maximum absolute atomic E-state index is 6.18. The van der Waals surface area contributed by atoms with Gasteiger partial charge < -0.3 is 9.88 Å². The molecule has 5 rings (SSSR count). The van der Waals surface area contributed by atoms with Gasteiger partial charge in [0, 0.05) is 54.7 Å². The number of rotatable bonds is 5. The van der Waals surface area contributed by atoms with Crippen LogP contribution in [0.2, 0.25) is 5.02 Å². The van der Waals surface area contributed by atoms with Crippen LogP contribution in [0.15, 0.2) is 60.9 Å². The molecular weight excluding hydrogens is 454 g/mol. The minimum absolute atomic E-state index is 0.162. The zero-order valence-electron chi connectivity index (χ0n) is 20.8. The first kappa shape index (κ1) is 23.7. The van der Waals surface area contributed by atoms with Gasteiger partial charge in [-0.2, -0.15) is 0 Å². The van der Waals surface area contributed by atoms with Crippen molar-refractivity contribution in [1.82, 2.24) is 24.8 Å².